The zero-order valence-electron chi connectivity index (χ0n) is 25.1. The number of benzene rings is 7. The number of nitrogens with zero attached hydrogens (tertiary/aromatic N) is 3. The van der Waals surface area contributed by atoms with Gasteiger partial charge in [-0.1, -0.05) is 176 Å². The maximum absolute atomic E-state index is 4.88. The van der Waals surface area contributed by atoms with Crippen LogP contribution >= 0.6 is 0 Å². The van der Waals surface area contributed by atoms with Crippen LogP contribution in [0.25, 0.3) is 78.3 Å². The first-order valence-electron chi connectivity index (χ1n) is 15.5. The summed E-state index contributed by atoms with van der Waals surface area (Å²) < 4.78 is 0. The van der Waals surface area contributed by atoms with E-state index in [1.165, 1.54) is 33.0 Å². The molecule has 0 amide bonds. The van der Waals surface area contributed by atoms with E-state index in [9.17, 15) is 0 Å². The van der Waals surface area contributed by atoms with E-state index in [2.05, 4.69) is 115 Å². The molecule has 8 rings (SSSR count). The van der Waals surface area contributed by atoms with Gasteiger partial charge in [0.25, 0.3) is 0 Å². The molecule has 216 valence electrons. The molecule has 3 nitrogen and oxygen atoms in total. The SMILES string of the molecule is c1ccc(-c2nc(-c3ccccc3)nc(-c3ccc(-c4ccc(-c5ccc(-c6ccccc6)c6ccccc56)cc4)cc3)n2)cc1. The highest BCUT2D eigenvalue weighted by Gasteiger charge is 2.13. The van der Waals surface area contributed by atoms with Crippen molar-refractivity contribution in [3.05, 3.63) is 176 Å². The number of rotatable bonds is 6. The van der Waals surface area contributed by atoms with Crippen LogP contribution in [-0.4, -0.2) is 15.0 Å². The highest BCUT2D eigenvalue weighted by Crippen LogP contribution is 2.36. The van der Waals surface area contributed by atoms with Crippen LogP contribution in [0.3, 0.4) is 0 Å². The van der Waals surface area contributed by atoms with Crippen LogP contribution < -0.4 is 0 Å². The van der Waals surface area contributed by atoms with Crippen LogP contribution in [-0.2, 0) is 0 Å². The Balaban J connectivity index is 1.11. The van der Waals surface area contributed by atoms with Crippen molar-refractivity contribution in [2.45, 2.75) is 0 Å². The van der Waals surface area contributed by atoms with Gasteiger partial charge in [0, 0.05) is 16.7 Å². The van der Waals surface area contributed by atoms with Crippen molar-refractivity contribution < 1.29 is 0 Å². The Kier molecular flexibility index (Phi) is 7.18. The van der Waals surface area contributed by atoms with E-state index in [4.69, 9.17) is 15.0 Å². The van der Waals surface area contributed by atoms with Crippen molar-refractivity contribution in [3.63, 3.8) is 0 Å². The third kappa shape index (κ3) is 5.36. The molecule has 0 aliphatic heterocycles. The van der Waals surface area contributed by atoms with E-state index in [0.29, 0.717) is 17.5 Å². The predicted molar refractivity (Wildman–Crippen MR) is 190 cm³/mol. The van der Waals surface area contributed by atoms with Gasteiger partial charge in [0.05, 0.1) is 0 Å². The summed E-state index contributed by atoms with van der Waals surface area (Å²) in [5.41, 5.74) is 10.1. The van der Waals surface area contributed by atoms with Gasteiger partial charge in [0.1, 0.15) is 0 Å². The molecular formula is C43H29N3. The van der Waals surface area contributed by atoms with Crippen molar-refractivity contribution >= 4 is 10.8 Å². The van der Waals surface area contributed by atoms with Crippen molar-refractivity contribution in [1.82, 2.24) is 15.0 Å². The normalized spacial score (nSPS) is 11.0. The van der Waals surface area contributed by atoms with Gasteiger partial charge in [-0.05, 0) is 44.2 Å². The van der Waals surface area contributed by atoms with Gasteiger partial charge in [-0.15, -0.1) is 0 Å². The standard InChI is InChI=1S/C43H29N3/c1-4-12-32(13-5-1)37-28-29-38(40-19-11-10-18-39(37)40)33-24-20-30(21-25-33)31-22-26-36(27-23-31)43-45-41(34-14-6-2-7-15-34)44-42(46-43)35-16-8-3-9-17-35/h1-29H. The molecule has 0 atom stereocenters. The van der Waals surface area contributed by atoms with Crippen LogP contribution in [0, 0.1) is 0 Å². The Labute approximate surface area is 268 Å². The summed E-state index contributed by atoms with van der Waals surface area (Å²) in [5, 5.41) is 2.51. The Hall–Kier alpha value is -6.19. The molecule has 0 unspecified atom stereocenters. The molecule has 0 aliphatic carbocycles. The van der Waals surface area contributed by atoms with Gasteiger partial charge in [0.15, 0.2) is 17.5 Å². The van der Waals surface area contributed by atoms with Gasteiger partial charge in [-0.2, -0.15) is 0 Å². The molecule has 1 aromatic heterocycles. The molecule has 7 aromatic carbocycles. The van der Waals surface area contributed by atoms with Crippen molar-refractivity contribution in [1.29, 1.82) is 0 Å². The minimum Gasteiger partial charge on any atom is -0.208 e. The molecule has 8 aromatic rings. The average molecular weight is 588 g/mol. The molecule has 0 saturated heterocycles. The van der Waals surface area contributed by atoms with Crippen molar-refractivity contribution in [3.8, 4) is 67.5 Å². The zero-order chi connectivity index (χ0) is 30.7. The predicted octanol–water partition coefficient (Wildman–Crippen LogP) is 11.0. The Bertz CT molecular complexity index is 2200. The minimum atomic E-state index is 0.653. The summed E-state index contributed by atoms with van der Waals surface area (Å²) >= 11 is 0. The molecule has 3 heteroatoms. The highest BCUT2D eigenvalue weighted by atomic mass is 15.0. The molecule has 1 heterocycles. The molecule has 0 bridgehead atoms. The fraction of sp³-hybridized carbons (Fsp3) is 0. The van der Waals surface area contributed by atoms with Crippen molar-refractivity contribution in [2.24, 2.45) is 0 Å². The smallest absolute Gasteiger partial charge is 0.164 e. The van der Waals surface area contributed by atoms with E-state index in [0.717, 1.165) is 27.8 Å². The largest absolute Gasteiger partial charge is 0.208 e. The first-order chi connectivity index (χ1) is 22.8. The highest BCUT2D eigenvalue weighted by molar-refractivity contribution is 6.05. The van der Waals surface area contributed by atoms with Gasteiger partial charge in [-0.25, -0.2) is 15.0 Å². The third-order valence-electron chi connectivity index (χ3n) is 8.38. The zero-order valence-corrected chi connectivity index (χ0v) is 25.1. The monoisotopic (exact) mass is 587 g/mol. The van der Waals surface area contributed by atoms with Crippen molar-refractivity contribution in [2.75, 3.05) is 0 Å². The lowest BCUT2D eigenvalue weighted by atomic mass is 9.91. The second kappa shape index (κ2) is 12.1. The van der Waals surface area contributed by atoms with E-state index in [1.54, 1.807) is 0 Å². The second-order valence-electron chi connectivity index (χ2n) is 11.3. The summed E-state index contributed by atoms with van der Waals surface area (Å²) in [5.74, 6) is 1.97. The number of aromatic nitrogens is 3. The summed E-state index contributed by atoms with van der Waals surface area (Å²) in [4.78, 5) is 14.6. The van der Waals surface area contributed by atoms with Crippen LogP contribution in [0.4, 0.5) is 0 Å². The lowest BCUT2D eigenvalue weighted by molar-refractivity contribution is 1.07. The maximum Gasteiger partial charge on any atom is 0.164 e. The second-order valence-corrected chi connectivity index (χ2v) is 11.3. The number of hydrogen-bond acceptors (Lipinski definition) is 3. The van der Waals surface area contributed by atoms with Gasteiger partial charge >= 0.3 is 0 Å². The molecule has 0 saturated carbocycles. The lowest BCUT2D eigenvalue weighted by Crippen LogP contribution is -2.00. The quantitative estimate of drug-likeness (QED) is 0.194. The molecule has 0 spiro atoms. The molecule has 0 radical (unpaired) electrons. The summed E-state index contributed by atoms with van der Waals surface area (Å²) in [6.07, 6.45) is 0. The molecule has 46 heavy (non-hydrogen) atoms. The summed E-state index contributed by atoms with van der Waals surface area (Å²) in [7, 11) is 0. The first kappa shape index (κ1) is 27.4. The lowest BCUT2D eigenvalue weighted by Gasteiger charge is -2.13. The van der Waals surface area contributed by atoms with Crippen LogP contribution in [0.5, 0.6) is 0 Å². The molecule has 0 fully saturated rings. The van der Waals surface area contributed by atoms with Crippen LogP contribution in [0.1, 0.15) is 0 Å². The number of hydrogen-bond donors (Lipinski definition) is 0. The third-order valence-corrected chi connectivity index (χ3v) is 8.38. The minimum absolute atomic E-state index is 0.653. The first-order valence-corrected chi connectivity index (χ1v) is 15.5. The maximum atomic E-state index is 4.88. The van der Waals surface area contributed by atoms with Crippen LogP contribution in [0.15, 0.2) is 176 Å². The molecule has 0 N–H and O–H groups in total. The van der Waals surface area contributed by atoms with Gasteiger partial charge in [0.2, 0.25) is 0 Å². The average Bonchev–Trinajstić information content (AvgIpc) is 3.15. The Morgan fingerprint density at radius 2 is 0.500 bits per heavy atom. The molecular weight excluding hydrogens is 558 g/mol. The van der Waals surface area contributed by atoms with E-state index < -0.39 is 0 Å². The van der Waals surface area contributed by atoms with Gasteiger partial charge < -0.3 is 0 Å². The van der Waals surface area contributed by atoms with Crippen LogP contribution in [0.2, 0.25) is 0 Å². The summed E-state index contributed by atoms with van der Waals surface area (Å²) in [6.45, 7) is 0. The fourth-order valence-electron chi connectivity index (χ4n) is 6.01. The number of fused-ring (bicyclic) bond motifs is 1. The molecule has 0 aliphatic rings. The van der Waals surface area contributed by atoms with E-state index in [-0.39, 0.29) is 0 Å². The van der Waals surface area contributed by atoms with E-state index >= 15 is 0 Å². The summed E-state index contributed by atoms with van der Waals surface area (Å²) in [6, 6.07) is 61.2. The van der Waals surface area contributed by atoms with Gasteiger partial charge in [-0.3, -0.25) is 0 Å². The Morgan fingerprint density at radius 3 is 0.913 bits per heavy atom. The fourth-order valence-corrected chi connectivity index (χ4v) is 6.01. The van der Waals surface area contributed by atoms with E-state index in [1.807, 2.05) is 60.7 Å². The topological polar surface area (TPSA) is 38.7 Å². The Morgan fingerprint density at radius 1 is 0.217 bits per heavy atom.